The van der Waals surface area contributed by atoms with E-state index in [1.54, 1.807) is 35.9 Å². The first-order chi connectivity index (χ1) is 12.7. The molecule has 1 aromatic heterocycles. The zero-order valence-electron chi connectivity index (χ0n) is 14.9. The van der Waals surface area contributed by atoms with Crippen LogP contribution in [0.2, 0.25) is 0 Å². The van der Waals surface area contributed by atoms with Crippen molar-refractivity contribution >= 4 is 21.6 Å². The van der Waals surface area contributed by atoms with Gasteiger partial charge >= 0.3 is 0 Å². The average Bonchev–Trinajstić information content (AvgIpc) is 2.96. The number of carbonyl (C=O) groups excluding carboxylic acids is 1. The molecular formula is C18H19N5O3S. The predicted octanol–water partition coefficient (Wildman–Crippen LogP) is 1.92. The maximum absolute atomic E-state index is 12.6. The number of rotatable bonds is 5. The molecule has 0 spiro atoms. The number of amides is 1. The minimum absolute atomic E-state index is 0.187. The van der Waals surface area contributed by atoms with Gasteiger partial charge < -0.3 is 5.32 Å². The SMILES string of the molecule is Cc1ccc(-n2nnc(C(=O)Nc3cccc(CS(N)(=O)=O)c3)c2C)cc1. The zero-order valence-corrected chi connectivity index (χ0v) is 15.7. The van der Waals surface area contributed by atoms with Crippen LogP contribution in [0, 0.1) is 13.8 Å². The molecule has 3 N–H and O–H groups in total. The van der Waals surface area contributed by atoms with Crippen molar-refractivity contribution < 1.29 is 13.2 Å². The Morgan fingerprint density at radius 2 is 1.85 bits per heavy atom. The van der Waals surface area contributed by atoms with Gasteiger partial charge in [0, 0.05) is 5.69 Å². The summed E-state index contributed by atoms with van der Waals surface area (Å²) in [6, 6.07) is 14.2. The second-order valence-electron chi connectivity index (χ2n) is 6.23. The van der Waals surface area contributed by atoms with Gasteiger partial charge in [-0.2, -0.15) is 0 Å². The van der Waals surface area contributed by atoms with Crippen molar-refractivity contribution in [3.8, 4) is 5.69 Å². The van der Waals surface area contributed by atoms with Crippen molar-refractivity contribution in [2.45, 2.75) is 19.6 Å². The lowest BCUT2D eigenvalue weighted by Gasteiger charge is -2.07. The number of anilines is 1. The third kappa shape index (κ3) is 4.57. The molecule has 0 aliphatic carbocycles. The monoisotopic (exact) mass is 385 g/mol. The Morgan fingerprint density at radius 1 is 1.15 bits per heavy atom. The van der Waals surface area contributed by atoms with Crippen molar-refractivity contribution in [2.24, 2.45) is 5.14 Å². The molecule has 0 aliphatic rings. The molecule has 1 heterocycles. The standard InChI is InChI=1S/C18H19N5O3S/c1-12-6-8-16(9-7-12)23-13(2)17(21-22-23)18(24)20-15-5-3-4-14(10-15)11-27(19,25)26/h3-10H,11H2,1-2H3,(H,20,24)(H2,19,25,26). The molecule has 0 atom stereocenters. The van der Waals surface area contributed by atoms with Crippen LogP contribution in [0.15, 0.2) is 48.5 Å². The summed E-state index contributed by atoms with van der Waals surface area (Å²) >= 11 is 0. The van der Waals surface area contributed by atoms with Gasteiger partial charge in [-0.05, 0) is 43.7 Å². The molecule has 0 fully saturated rings. The predicted molar refractivity (Wildman–Crippen MR) is 102 cm³/mol. The van der Waals surface area contributed by atoms with Crippen LogP contribution < -0.4 is 10.5 Å². The molecule has 8 nitrogen and oxygen atoms in total. The number of hydrogen-bond acceptors (Lipinski definition) is 5. The second kappa shape index (κ2) is 7.29. The molecule has 3 rings (SSSR count). The molecule has 0 radical (unpaired) electrons. The fraction of sp³-hybridized carbons (Fsp3) is 0.167. The summed E-state index contributed by atoms with van der Waals surface area (Å²) < 4.78 is 24.0. The first kappa shape index (κ1) is 18.7. The van der Waals surface area contributed by atoms with Crippen LogP contribution in [-0.2, 0) is 15.8 Å². The maximum atomic E-state index is 12.6. The van der Waals surface area contributed by atoms with Gasteiger partial charge in [0.1, 0.15) is 0 Å². The van der Waals surface area contributed by atoms with E-state index < -0.39 is 15.9 Å². The van der Waals surface area contributed by atoms with E-state index in [2.05, 4.69) is 15.6 Å². The highest BCUT2D eigenvalue weighted by Gasteiger charge is 2.18. The minimum atomic E-state index is -3.65. The van der Waals surface area contributed by atoms with Crippen LogP contribution in [0.5, 0.6) is 0 Å². The van der Waals surface area contributed by atoms with E-state index in [1.165, 1.54) is 0 Å². The third-order valence-corrected chi connectivity index (χ3v) is 4.68. The summed E-state index contributed by atoms with van der Waals surface area (Å²) in [7, 11) is -3.65. The van der Waals surface area contributed by atoms with Gasteiger partial charge in [-0.15, -0.1) is 5.10 Å². The topological polar surface area (TPSA) is 120 Å². The number of aryl methyl sites for hydroxylation is 1. The average molecular weight is 385 g/mol. The van der Waals surface area contributed by atoms with Crippen LogP contribution in [0.4, 0.5) is 5.69 Å². The van der Waals surface area contributed by atoms with Gasteiger partial charge in [-0.25, -0.2) is 18.2 Å². The Morgan fingerprint density at radius 3 is 2.52 bits per heavy atom. The Balaban J connectivity index is 1.81. The summed E-state index contributed by atoms with van der Waals surface area (Å²) in [6.45, 7) is 3.74. The number of benzene rings is 2. The molecule has 0 saturated heterocycles. The maximum Gasteiger partial charge on any atom is 0.278 e. The molecule has 9 heteroatoms. The van der Waals surface area contributed by atoms with Crippen molar-refractivity contribution in [1.82, 2.24) is 15.0 Å². The molecule has 0 aliphatic heterocycles. The highest BCUT2D eigenvalue weighted by Crippen LogP contribution is 2.16. The number of sulfonamides is 1. The van der Waals surface area contributed by atoms with E-state index in [9.17, 15) is 13.2 Å². The lowest BCUT2D eigenvalue weighted by molar-refractivity contribution is 0.102. The van der Waals surface area contributed by atoms with Gasteiger partial charge in [-0.1, -0.05) is 35.0 Å². The normalized spacial score (nSPS) is 11.4. The van der Waals surface area contributed by atoms with E-state index >= 15 is 0 Å². The lowest BCUT2D eigenvalue weighted by atomic mass is 10.2. The molecule has 27 heavy (non-hydrogen) atoms. The Kier molecular flexibility index (Phi) is 5.06. The third-order valence-electron chi connectivity index (χ3n) is 3.94. The fourth-order valence-electron chi connectivity index (χ4n) is 2.63. The number of aromatic nitrogens is 3. The summed E-state index contributed by atoms with van der Waals surface area (Å²) in [5.41, 5.74) is 3.64. The largest absolute Gasteiger partial charge is 0.321 e. The Labute approximate surface area is 157 Å². The van der Waals surface area contributed by atoms with Gasteiger partial charge in [0.05, 0.1) is 17.1 Å². The van der Waals surface area contributed by atoms with Crippen LogP contribution >= 0.6 is 0 Å². The number of nitrogens with one attached hydrogen (secondary N) is 1. The second-order valence-corrected chi connectivity index (χ2v) is 7.85. The lowest BCUT2D eigenvalue weighted by Crippen LogP contribution is -2.16. The summed E-state index contributed by atoms with van der Waals surface area (Å²) in [6.07, 6.45) is 0. The Hall–Kier alpha value is -3.04. The molecule has 0 unspecified atom stereocenters. The van der Waals surface area contributed by atoms with Crippen LogP contribution in [-0.4, -0.2) is 29.3 Å². The molecule has 0 saturated carbocycles. The number of primary sulfonamides is 1. The van der Waals surface area contributed by atoms with Crippen LogP contribution in [0.1, 0.15) is 27.3 Å². The summed E-state index contributed by atoms with van der Waals surface area (Å²) in [5.74, 6) is -0.738. The summed E-state index contributed by atoms with van der Waals surface area (Å²) in [4.78, 5) is 12.6. The van der Waals surface area contributed by atoms with Crippen molar-refractivity contribution in [3.05, 3.63) is 71.0 Å². The van der Waals surface area contributed by atoms with Crippen molar-refractivity contribution in [3.63, 3.8) is 0 Å². The van der Waals surface area contributed by atoms with Crippen LogP contribution in [0.25, 0.3) is 5.69 Å². The van der Waals surface area contributed by atoms with Crippen molar-refractivity contribution in [2.75, 3.05) is 5.32 Å². The first-order valence-corrected chi connectivity index (χ1v) is 9.84. The first-order valence-electron chi connectivity index (χ1n) is 8.13. The smallest absolute Gasteiger partial charge is 0.278 e. The molecule has 2 aromatic carbocycles. The zero-order chi connectivity index (χ0) is 19.6. The molecule has 0 bridgehead atoms. The molecular weight excluding hydrogens is 366 g/mol. The van der Waals surface area contributed by atoms with Gasteiger partial charge in [-0.3, -0.25) is 4.79 Å². The highest BCUT2D eigenvalue weighted by atomic mass is 32.2. The summed E-state index contributed by atoms with van der Waals surface area (Å²) in [5, 5.41) is 15.8. The van der Waals surface area contributed by atoms with Gasteiger partial charge in [0.25, 0.3) is 5.91 Å². The number of hydrogen-bond donors (Lipinski definition) is 2. The number of carbonyl (C=O) groups is 1. The van der Waals surface area contributed by atoms with Gasteiger partial charge in [0.2, 0.25) is 10.0 Å². The molecule has 1 amide bonds. The minimum Gasteiger partial charge on any atom is -0.321 e. The fourth-order valence-corrected chi connectivity index (χ4v) is 3.28. The van der Waals surface area contributed by atoms with E-state index in [-0.39, 0.29) is 11.4 Å². The van der Waals surface area contributed by atoms with Crippen LogP contribution in [0.3, 0.4) is 0 Å². The van der Waals surface area contributed by atoms with E-state index in [0.717, 1.165) is 11.3 Å². The number of nitrogens with zero attached hydrogens (tertiary/aromatic N) is 3. The van der Waals surface area contributed by atoms with Crippen molar-refractivity contribution in [1.29, 1.82) is 0 Å². The van der Waals surface area contributed by atoms with E-state index in [4.69, 9.17) is 5.14 Å². The van der Waals surface area contributed by atoms with Gasteiger partial charge in [0.15, 0.2) is 5.69 Å². The van der Waals surface area contributed by atoms with E-state index in [0.29, 0.717) is 16.9 Å². The number of nitrogens with two attached hydrogens (primary N) is 1. The quantitative estimate of drug-likeness (QED) is 0.695. The van der Waals surface area contributed by atoms with E-state index in [1.807, 2.05) is 31.2 Å². The highest BCUT2D eigenvalue weighted by molar-refractivity contribution is 7.88. The molecule has 3 aromatic rings. The Bertz CT molecular complexity index is 1090. The molecule has 140 valence electrons.